The fourth-order valence-corrected chi connectivity index (χ4v) is 3.83. The number of nitrogens with zero attached hydrogens (tertiary/aromatic N) is 5. The average Bonchev–Trinajstić information content (AvgIpc) is 3.21. The molecule has 23 heavy (non-hydrogen) atoms. The Balaban J connectivity index is 1.71. The number of carbonyl (C=O) groups excluding carboxylic acids is 1. The number of aryl methyl sites for hydroxylation is 1. The number of aromatic nitrogens is 4. The molecule has 1 amide bonds. The second-order valence-electron chi connectivity index (χ2n) is 6.37. The molecular formula is C16H22N6O. The Bertz CT molecular complexity index is 739. The van der Waals surface area contributed by atoms with Gasteiger partial charge < -0.3 is 10.2 Å². The minimum Gasteiger partial charge on any atom is -0.356 e. The van der Waals surface area contributed by atoms with E-state index >= 15 is 0 Å². The van der Waals surface area contributed by atoms with E-state index in [1.807, 2.05) is 11.4 Å². The number of hydrogen-bond donors (Lipinski definition) is 1. The van der Waals surface area contributed by atoms with Gasteiger partial charge in [0.05, 0.1) is 11.6 Å². The molecule has 0 aromatic carbocycles. The number of fused-ring (bicyclic) bond motifs is 2. The van der Waals surface area contributed by atoms with E-state index in [1.165, 1.54) is 5.56 Å². The Hall–Kier alpha value is -2.18. The first-order chi connectivity index (χ1) is 11.3. The zero-order valence-corrected chi connectivity index (χ0v) is 13.5. The number of hydrogen-bond acceptors (Lipinski definition) is 5. The van der Waals surface area contributed by atoms with Gasteiger partial charge in [0, 0.05) is 25.2 Å². The van der Waals surface area contributed by atoms with Gasteiger partial charge in [0.1, 0.15) is 12.1 Å². The summed E-state index contributed by atoms with van der Waals surface area (Å²) in [7, 11) is 0. The van der Waals surface area contributed by atoms with Crippen molar-refractivity contribution in [2.45, 2.75) is 39.0 Å². The SMILES string of the molecule is CCNC(=O)C1CCCN(c2c3c(nc4ncnn24)CCC3)C1. The van der Waals surface area contributed by atoms with Crippen LogP contribution < -0.4 is 10.2 Å². The quantitative estimate of drug-likeness (QED) is 0.913. The fraction of sp³-hybridized carbons (Fsp3) is 0.625. The molecule has 4 rings (SSSR count). The molecule has 7 nitrogen and oxygen atoms in total. The van der Waals surface area contributed by atoms with Crippen LogP contribution in [0.5, 0.6) is 0 Å². The number of nitrogens with one attached hydrogen (secondary N) is 1. The van der Waals surface area contributed by atoms with Crippen LogP contribution in [0.1, 0.15) is 37.4 Å². The minimum absolute atomic E-state index is 0.0486. The summed E-state index contributed by atoms with van der Waals surface area (Å²) >= 11 is 0. The van der Waals surface area contributed by atoms with Crippen LogP contribution in [0, 0.1) is 5.92 Å². The lowest BCUT2D eigenvalue weighted by atomic mass is 9.96. The van der Waals surface area contributed by atoms with Gasteiger partial charge in [0.25, 0.3) is 5.78 Å². The van der Waals surface area contributed by atoms with E-state index in [9.17, 15) is 4.79 Å². The van der Waals surface area contributed by atoms with Crippen LogP contribution in [0.3, 0.4) is 0 Å². The molecule has 0 saturated carbocycles. The van der Waals surface area contributed by atoms with Crippen molar-refractivity contribution in [2.24, 2.45) is 5.92 Å². The van der Waals surface area contributed by atoms with Gasteiger partial charge in [-0.1, -0.05) is 0 Å². The summed E-state index contributed by atoms with van der Waals surface area (Å²) in [6.07, 6.45) is 6.72. The van der Waals surface area contributed by atoms with Crippen LogP contribution in [-0.2, 0) is 17.6 Å². The zero-order chi connectivity index (χ0) is 15.8. The molecule has 1 saturated heterocycles. The lowest BCUT2D eigenvalue weighted by Crippen LogP contribution is -2.44. The van der Waals surface area contributed by atoms with Gasteiger partial charge in [0.2, 0.25) is 5.91 Å². The highest BCUT2D eigenvalue weighted by Crippen LogP contribution is 2.32. The molecule has 1 aliphatic carbocycles. The van der Waals surface area contributed by atoms with Crippen LogP contribution in [-0.4, -0.2) is 45.1 Å². The fourth-order valence-electron chi connectivity index (χ4n) is 3.83. The van der Waals surface area contributed by atoms with E-state index in [0.29, 0.717) is 12.3 Å². The third-order valence-electron chi connectivity index (χ3n) is 4.87. The van der Waals surface area contributed by atoms with Crippen molar-refractivity contribution in [1.29, 1.82) is 0 Å². The maximum atomic E-state index is 12.2. The molecule has 2 aromatic heterocycles. The van der Waals surface area contributed by atoms with E-state index in [1.54, 1.807) is 6.33 Å². The van der Waals surface area contributed by atoms with Crippen molar-refractivity contribution in [3.05, 3.63) is 17.6 Å². The summed E-state index contributed by atoms with van der Waals surface area (Å²) < 4.78 is 1.85. The van der Waals surface area contributed by atoms with Crippen LogP contribution in [0.25, 0.3) is 5.78 Å². The van der Waals surface area contributed by atoms with E-state index < -0.39 is 0 Å². The molecular weight excluding hydrogens is 292 g/mol. The molecule has 1 atom stereocenters. The number of amides is 1. The largest absolute Gasteiger partial charge is 0.356 e. The van der Waals surface area contributed by atoms with E-state index in [-0.39, 0.29) is 11.8 Å². The summed E-state index contributed by atoms with van der Waals surface area (Å²) in [6.45, 7) is 4.36. The van der Waals surface area contributed by atoms with Crippen molar-refractivity contribution in [3.63, 3.8) is 0 Å². The average molecular weight is 314 g/mol. The molecule has 7 heteroatoms. The molecule has 1 aliphatic heterocycles. The molecule has 122 valence electrons. The third kappa shape index (κ3) is 2.44. The summed E-state index contributed by atoms with van der Waals surface area (Å²) in [4.78, 5) is 23.5. The van der Waals surface area contributed by atoms with Crippen molar-refractivity contribution < 1.29 is 4.79 Å². The van der Waals surface area contributed by atoms with Gasteiger partial charge in [-0.3, -0.25) is 4.79 Å². The highest BCUT2D eigenvalue weighted by molar-refractivity contribution is 5.79. The van der Waals surface area contributed by atoms with Crippen LogP contribution >= 0.6 is 0 Å². The van der Waals surface area contributed by atoms with E-state index in [0.717, 1.165) is 56.7 Å². The zero-order valence-electron chi connectivity index (χ0n) is 13.5. The molecule has 1 N–H and O–H groups in total. The Kier molecular flexibility index (Phi) is 3.63. The Morgan fingerprint density at radius 2 is 2.30 bits per heavy atom. The summed E-state index contributed by atoms with van der Waals surface area (Å²) in [5.41, 5.74) is 2.44. The van der Waals surface area contributed by atoms with Crippen molar-refractivity contribution in [3.8, 4) is 0 Å². The van der Waals surface area contributed by atoms with Gasteiger partial charge in [-0.05, 0) is 39.0 Å². The van der Waals surface area contributed by atoms with Crippen LogP contribution in [0.4, 0.5) is 5.82 Å². The smallest absolute Gasteiger partial charge is 0.254 e. The number of anilines is 1. The minimum atomic E-state index is 0.0486. The molecule has 0 bridgehead atoms. The summed E-state index contributed by atoms with van der Waals surface area (Å²) in [5, 5.41) is 7.34. The molecule has 0 radical (unpaired) electrons. The Morgan fingerprint density at radius 3 is 3.17 bits per heavy atom. The number of rotatable bonds is 3. The van der Waals surface area contributed by atoms with Gasteiger partial charge in [-0.2, -0.15) is 14.6 Å². The monoisotopic (exact) mass is 314 g/mol. The first-order valence-electron chi connectivity index (χ1n) is 8.52. The second kappa shape index (κ2) is 5.79. The lowest BCUT2D eigenvalue weighted by molar-refractivity contribution is -0.125. The Morgan fingerprint density at radius 1 is 1.39 bits per heavy atom. The van der Waals surface area contributed by atoms with Gasteiger partial charge in [-0.15, -0.1) is 0 Å². The highest BCUT2D eigenvalue weighted by atomic mass is 16.1. The summed E-state index contributed by atoms with van der Waals surface area (Å²) in [5.74, 6) is 1.99. The first kappa shape index (κ1) is 14.4. The normalized spacial score (nSPS) is 20.7. The van der Waals surface area contributed by atoms with Crippen molar-refractivity contribution in [1.82, 2.24) is 24.9 Å². The molecule has 1 fully saturated rings. The first-order valence-corrected chi connectivity index (χ1v) is 8.52. The molecule has 2 aromatic rings. The topological polar surface area (TPSA) is 75.4 Å². The number of piperidine rings is 1. The lowest BCUT2D eigenvalue weighted by Gasteiger charge is -2.34. The van der Waals surface area contributed by atoms with E-state index in [2.05, 4.69) is 25.3 Å². The highest BCUT2D eigenvalue weighted by Gasteiger charge is 2.30. The predicted molar refractivity (Wildman–Crippen MR) is 86.4 cm³/mol. The van der Waals surface area contributed by atoms with Gasteiger partial charge in [-0.25, -0.2) is 4.98 Å². The van der Waals surface area contributed by atoms with Gasteiger partial charge >= 0.3 is 0 Å². The van der Waals surface area contributed by atoms with Crippen LogP contribution in [0.15, 0.2) is 6.33 Å². The summed E-state index contributed by atoms with van der Waals surface area (Å²) in [6, 6.07) is 0. The third-order valence-corrected chi connectivity index (χ3v) is 4.87. The standard InChI is InChI=1S/C16H22N6O/c1-2-17-14(23)11-5-4-8-21(9-11)15-12-6-3-7-13(12)20-16-18-10-19-22(15)16/h10-11H,2-9H2,1H3,(H,17,23). The number of carbonyl (C=O) groups is 1. The maximum Gasteiger partial charge on any atom is 0.254 e. The molecule has 1 unspecified atom stereocenters. The predicted octanol–water partition coefficient (Wildman–Crippen LogP) is 0.965. The van der Waals surface area contributed by atoms with E-state index in [4.69, 9.17) is 0 Å². The molecule has 2 aliphatic rings. The van der Waals surface area contributed by atoms with Gasteiger partial charge in [0.15, 0.2) is 0 Å². The Labute approximate surface area is 135 Å². The van der Waals surface area contributed by atoms with Crippen molar-refractivity contribution in [2.75, 3.05) is 24.5 Å². The second-order valence-corrected chi connectivity index (χ2v) is 6.37. The van der Waals surface area contributed by atoms with Crippen LogP contribution in [0.2, 0.25) is 0 Å². The molecule has 3 heterocycles. The van der Waals surface area contributed by atoms with Crippen molar-refractivity contribution >= 4 is 17.5 Å². The molecule has 0 spiro atoms. The maximum absolute atomic E-state index is 12.2.